The number of esters is 1. The Morgan fingerprint density at radius 2 is 1.52 bits per heavy atom. The molecule has 2 aromatic rings. The topological polar surface area (TPSA) is 55.4 Å². The summed E-state index contributed by atoms with van der Waals surface area (Å²) in [5.74, 6) is -0.753. The molecule has 4 heteroatoms. The lowest BCUT2D eigenvalue weighted by Gasteiger charge is -2.08. The summed E-state index contributed by atoms with van der Waals surface area (Å²) in [6.07, 6.45) is 0.164. The predicted molar refractivity (Wildman–Crippen MR) is 90.4 cm³/mol. The molecule has 0 saturated carbocycles. The molecule has 0 aromatic heterocycles. The highest BCUT2D eigenvalue weighted by molar-refractivity contribution is 5.93. The SMILES string of the molecule is Cc1ccc(CC(=O)OCC(=O)Nc2cc(C)cc(C)c2)cc1. The molecule has 0 atom stereocenters. The molecule has 0 bridgehead atoms. The molecular formula is C19H21NO3. The highest BCUT2D eigenvalue weighted by atomic mass is 16.5. The van der Waals surface area contributed by atoms with E-state index in [1.54, 1.807) is 0 Å². The number of anilines is 1. The lowest BCUT2D eigenvalue weighted by Crippen LogP contribution is -2.21. The number of hydrogen-bond donors (Lipinski definition) is 1. The van der Waals surface area contributed by atoms with Gasteiger partial charge in [0.1, 0.15) is 0 Å². The number of rotatable bonds is 5. The molecule has 0 fully saturated rings. The predicted octanol–water partition coefficient (Wildman–Crippen LogP) is 3.34. The fourth-order valence-corrected chi connectivity index (χ4v) is 2.31. The second-order valence-electron chi connectivity index (χ2n) is 5.75. The van der Waals surface area contributed by atoms with Gasteiger partial charge in [-0.2, -0.15) is 0 Å². The van der Waals surface area contributed by atoms with Crippen LogP contribution in [0.25, 0.3) is 0 Å². The number of hydrogen-bond acceptors (Lipinski definition) is 3. The van der Waals surface area contributed by atoms with Crippen molar-refractivity contribution in [2.24, 2.45) is 0 Å². The zero-order chi connectivity index (χ0) is 16.8. The normalized spacial score (nSPS) is 10.2. The van der Waals surface area contributed by atoms with E-state index in [4.69, 9.17) is 4.74 Å². The molecule has 1 amide bonds. The van der Waals surface area contributed by atoms with Gasteiger partial charge in [0, 0.05) is 5.69 Å². The van der Waals surface area contributed by atoms with E-state index < -0.39 is 5.97 Å². The molecule has 23 heavy (non-hydrogen) atoms. The fraction of sp³-hybridized carbons (Fsp3) is 0.263. The van der Waals surface area contributed by atoms with Gasteiger partial charge in [-0.1, -0.05) is 35.9 Å². The Morgan fingerprint density at radius 1 is 0.913 bits per heavy atom. The largest absolute Gasteiger partial charge is 0.455 e. The third-order valence-corrected chi connectivity index (χ3v) is 3.34. The summed E-state index contributed by atoms with van der Waals surface area (Å²) in [5.41, 5.74) is 4.85. The molecule has 0 aliphatic rings. The van der Waals surface area contributed by atoms with Crippen molar-refractivity contribution in [2.75, 3.05) is 11.9 Å². The molecule has 0 aliphatic heterocycles. The summed E-state index contributed by atoms with van der Waals surface area (Å²) < 4.78 is 5.02. The molecule has 120 valence electrons. The lowest BCUT2D eigenvalue weighted by atomic mass is 10.1. The molecule has 0 radical (unpaired) electrons. The van der Waals surface area contributed by atoms with Gasteiger partial charge in [-0.3, -0.25) is 9.59 Å². The average molecular weight is 311 g/mol. The van der Waals surface area contributed by atoms with Crippen LogP contribution in [0.1, 0.15) is 22.3 Å². The van der Waals surface area contributed by atoms with Gasteiger partial charge in [0.05, 0.1) is 6.42 Å². The van der Waals surface area contributed by atoms with E-state index in [0.717, 1.165) is 22.3 Å². The van der Waals surface area contributed by atoms with Gasteiger partial charge >= 0.3 is 5.97 Å². The van der Waals surface area contributed by atoms with Gasteiger partial charge in [-0.05, 0) is 49.6 Å². The molecule has 2 aromatic carbocycles. The van der Waals surface area contributed by atoms with Crippen molar-refractivity contribution in [3.05, 3.63) is 64.7 Å². The van der Waals surface area contributed by atoms with Crippen molar-refractivity contribution < 1.29 is 14.3 Å². The van der Waals surface area contributed by atoms with Crippen LogP contribution in [0, 0.1) is 20.8 Å². The minimum absolute atomic E-state index is 0.164. The first-order valence-electron chi connectivity index (χ1n) is 7.52. The minimum atomic E-state index is -0.413. The van der Waals surface area contributed by atoms with E-state index >= 15 is 0 Å². The van der Waals surface area contributed by atoms with Gasteiger partial charge in [-0.15, -0.1) is 0 Å². The molecular weight excluding hydrogens is 290 g/mol. The van der Waals surface area contributed by atoms with Crippen molar-refractivity contribution in [1.82, 2.24) is 0 Å². The number of carbonyl (C=O) groups is 2. The maximum absolute atomic E-state index is 11.8. The third-order valence-electron chi connectivity index (χ3n) is 3.34. The zero-order valence-corrected chi connectivity index (χ0v) is 13.7. The number of aryl methyl sites for hydroxylation is 3. The summed E-state index contributed by atoms with van der Waals surface area (Å²) in [5, 5.41) is 2.73. The van der Waals surface area contributed by atoms with Crippen molar-refractivity contribution in [3.8, 4) is 0 Å². The number of nitrogens with one attached hydrogen (secondary N) is 1. The van der Waals surface area contributed by atoms with Crippen LogP contribution >= 0.6 is 0 Å². The zero-order valence-electron chi connectivity index (χ0n) is 13.7. The Labute approximate surface area is 136 Å². The molecule has 0 aliphatic carbocycles. The second kappa shape index (κ2) is 7.58. The van der Waals surface area contributed by atoms with Gasteiger partial charge in [-0.25, -0.2) is 0 Å². The van der Waals surface area contributed by atoms with Crippen LogP contribution in [0.2, 0.25) is 0 Å². The smallest absolute Gasteiger partial charge is 0.310 e. The highest BCUT2D eigenvalue weighted by Gasteiger charge is 2.09. The number of benzene rings is 2. The number of amides is 1. The first kappa shape index (κ1) is 16.7. The van der Waals surface area contributed by atoms with E-state index in [-0.39, 0.29) is 18.9 Å². The molecule has 0 heterocycles. The third kappa shape index (κ3) is 5.58. The Hall–Kier alpha value is -2.62. The minimum Gasteiger partial charge on any atom is -0.455 e. The quantitative estimate of drug-likeness (QED) is 0.862. The van der Waals surface area contributed by atoms with Crippen molar-refractivity contribution in [1.29, 1.82) is 0 Å². The fourth-order valence-electron chi connectivity index (χ4n) is 2.31. The number of carbonyl (C=O) groups excluding carboxylic acids is 2. The Balaban J connectivity index is 1.81. The van der Waals surface area contributed by atoms with Crippen LogP contribution in [-0.4, -0.2) is 18.5 Å². The van der Waals surface area contributed by atoms with Gasteiger partial charge in [0.15, 0.2) is 6.61 Å². The maximum atomic E-state index is 11.8. The Morgan fingerprint density at radius 3 is 2.13 bits per heavy atom. The summed E-state index contributed by atoms with van der Waals surface area (Å²) in [6.45, 7) is 5.63. The Kier molecular flexibility index (Phi) is 5.52. The van der Waals surface area contributed by atoms with E-state index in [2.05, 4.69) is 5.32 Å². The van der Waals surface area contributed by atoms with Crippen LogP contribution < -0.4 is 5.32 Å². The van der Waals surface area contributed by atoms with Crippen LogP contribution in [-0.2, 0) is 20.7 Å². The maximum Gasteiger partial charge on any atom is 0.310 e. The summed E-state index contributed by atoms with van der Waals surface area (Å²) >= 11 is 0. The Bertz CT molecular complexity index is 685. The highest BCUT2D eigenvalue weighted by Crippen LogP contribution is 2.13. The van der Waals surface area contributed by atoms with Crippen molar-refractivity contribution in [3.63, 3.8) is 0 Å². The van der Waals surface area contributed by atoms with Gasteiger partial charge < -0.3 is 10.1 Å². The van der Waals surface area contributed by atoms with Crippen LogP contribution in [0.3, 0.4) is 0 Å². The van der Waals surface area contributed by atoms with Crippen LogP contribution in [0.15, 0.2) is 42.5 Å². The van der Waals surface area contributed by atoms with E-state index in [1.807, 2.05) is 63.2 Å². The van der Waals surface area contributed by atoms with Crippen molar-refractivity contribution in [2.45, 2.75) is 27.2 Å². The first-order chi connectivity index (χ1) is 10.9. The first-order valence-corrected chi connectivity index (χ1v) is 7.52. The van der Waals surface area contributed by atoms with Gasteiger partial charge in [0.25, 0.3) is 5.91 Å². The van der Waals surface area contributed by atoms with Crippen LogP contribution in [0.4, 0.5) is 5.69 Å². The van der Waals surface area contributed by atoms with E-state index in [9.17, 15) is 9.59 Å². The molecule has 0 spiro atoms. The van der Waals surface area contributed by atoms with Gasteiger partial charge in [0.2, 0.25) is 0 Å². The summed E-state index contributed by atoms with van der Waals surface area (Å²) in [6, 6.07) is 13.4. The molecule has 0 unspecified atom stereocenters. The standard InChI is InChI=1S/C19H21NO3/c1-13-4-6-16(7-5-13)11-19(22)23-12-18(21)20-17-9-14(2)8-15(3)10-17/h4-10H,11-12H2,1-3H3,(H,20,21). The lowest BCUT2D eigenvalue weighted by molar-refractivity contribution is -0.146. The van der Waals surface area contributed by atoms with Crippen molar-refractivity contribution >= 4 is 17.6 Å². The molecule has 2 rings (SSSR count). The molecule has 4 nitrogen and oxygen atoms in total. The monoisotopic (exact) mass is 311 g/mol. The van der Waals surface area contributed by atoms with Crippen LogP contribution in [0.5, 0.6) is 0 Å². The average Bonchev–Trinajstić information content (AvgIpc) is 2.46. The second-order valence-corrected chi connectivity index (χ2v) is 5.75. The molecule has 0 saturated heterocycles. The van der Waals surface area contributed by atoms with E-state index in [0.29, 0.717) is 5.69 Å². The van der Waals surface area contributed by atoms with E-state index in [1.165, 1.54) is 0 Å². The molecule has 1 N–H and O–H groups in total. The summed E-state index contributed by atoms with van der Waals surface area (Å²) in [7, 11) is 0. The number of ether oxygens (including phenoxy) is 1. The summed E-state index contributed by atoms with van der Waals surface area (Å²) in [4.78, 5) is 23.6.